The maximum Gasteiger partial charge on any atom is 0.293 e. The van der Waals surface area contributed by atoms with E-state index < -0.39 is 17.0 Å². The van der Waals surface area contributed by atoms with Gasteiger partial charge in [-0.25, -0.2) is 4.39 Å². The van der Waals surface area contributed by atoms with E-state index in [9.17, 15) is 14.0 Å². The number of methoxy groups -OCH3 is 1. The Balaban J connectivity index is 1.49. The third-order valence-electron chi connectivity index (χ3n) is 4.85. The number of carbonyl (C=O) groups excluding carboxylic acids is 2. The normalized spacial score (nSPS) is 14.8. The molecular weight excluding hydrogens is 467 g/mol. The predicted molar refractivity (Wildman–Crippen MR) is 124 cm³/mol. The summed E-state index contributed by atoms with van der Waals surface area (Å²) in [7, 11) is 1.53. The summed E-state index contributed by atoms with van der Waals surface area (Å²) in [5, 5.41) is -0.263. The van der Waals surface area contributed by atoms with Gasteiger partial charge in [-0.05, 0) is 70.9 Å². The molecule has 1 fully saturated rings. The summed E-state index contributed by atoms with van der Waals surface area (Å²) in [6, 6.07) is 12.8. The van der Waals surface area contributed by atoms with Gasteiger partial charge in [0.25, 0.3) is 11.1 Å². The van der Waals surface area contributed by atoms with Gasteiger partial charge in [0.1, 0.15) is 12.4 Å². The molecule has 4 rings (SSSR count). The number of benzene rings is 2. The number of hydrogen-bond donors (Lipinski definition) is 0. The van der Waals surface area contributed by atoms with Crippen molar-refractivity contribution in [1.29, 1.82) is 0 Å². The zero-order valence-corrected chi connectivity index (χ0v) is 19.0. The van der Waals surface area contributed by atoms with Crippen LogP contribution in [0.1, 0.15) is 16.7 Å². The number of rotatable bonds is 7. The lowest BCUT2D eigenvalue weighted by molar-refractivity contribution is -0.123. The van der Waals surface area contributed by atoms with Crippen molar-refractivity contribution in [2.45, 2.75) is 13.2 Å². The van der Waals surface area contributed by atoms with Crippen molar-refractivity contribution in [2.24, 2.45) is 0 Å². The summed E-state index contributed by atoms with van der Waals surface area (Å²) >= 11 is 6.88. The lowest BCUT2D eigenvalue weighted by Gasteiger charge is -2.13. The van der Waals surface area contributed by atoms with E-state index in [1.54, 1.807) is 36.7 Å². The predicted octanol–water partition coefficient (Wildman–Crippen LogP) is 5.70. The molecule has 1 aliphatic heterocycles. The molecule has 0 saturated carbocycles. The molecule has 2 amide bonds. The summed E-state index contributed by atoms with van der Waals surface area (Å²) in [4.78, 5) is 30.6. The first-order valence-electron chi connectivity index (χ1n) is 9.83. The van der Waals surface area contributed by atoms with E-state index >= 15 is 0 Å². The van der Waals surface area contributed by atoms with E-state index in [4.69, 9.17) is 21.1 Å². The molecule has 0 bridgehead atoms. The first-order valence-corrected chi connectivity index (χ1v) is 11.0. The van der Waals surface area contributed by atoms with Crippen molar-refractivity contribution in [2.75, 3.05) is 7.11 Å². The summed E-state index contributed by atoms with van der Waals surface area (Å²) in [5.41, 5.74) is 2.12. The third-order valence-corrected chi connectivity index (χ3v) is 6.11. The molecule has 9 heteroatoms. The highest BCUT2D eigenvalue weighted by Gasteiger charge is 2.35. The first-order chi connectivity index (χ1) is 15.9. The molecule has 33 heavy (non-hydrogen) atoms. The Kier molecular flexibility index (Phi) is 6.96. The molecule has 2 heterocycles. The first kappa shape index (κ1) is 22.8. The van der Waals surface area contributed by atoms with Crippen molar-refractivity contribution < 1.29 is 23.5 Å². The number of halogens is 2. The SMILES string of the molecule is COc1cc(/C=C2/SC(=O)N(Cc3ccc(F)cc3Cl)C2=O)ccc1OCc1ccncc1. The molecule has 0 N–H and O–H groups in total. The van der Waals surface area contributed by atoms with Crippen LogP contribution < -0.4 is 9.47 Å². The molecule has 6 nitrogen and oxygen atoms in total. The second kappa shape index (κ2) is 10.1. The standard InChI is InChI=1S/C24H18ClFN2O4S/c1-31-21-10-16(2-5-20(21)32-14-15-6-8-27-9-7-15)11-22-23(29)28(24(30)33-22)13-17-3-4-18(26)12-19(17)25/h2-12H,13-14H2,1H3/b22-11+. The minimum atomic E-state index is -0.486. The smallest absolute Gasteiger partial charge is 0.293 e. The third kappa shape index (κ3) is 5.35. The van der Waals surface area contributed by atoms with Crippen LogP contribution in [-0.2, 0) is 17.9 Å². The summed E-state index contributed by atoms with van der Waals surface area (Å²) in [6.07, 6.45) is 5.00. The topological polar surface area (TPSA) is 68.7 Å². The fraction of sp³-hybridized carbons (Fsp3) is 0.125. The number of ether oxygens (including phenoxy) is 2. The fourth-order valence-electron chi connectivity index (χ4n) is 3.14. The van der Waals surface area contributed by atoms with Gasteiger partial charge in [-0.3, -0.25) is 19.5 Å². The highest BCUT2D eigenvalue weighted by atomic mass is 35.5. The van der Waals surface area contributed by atoms with Crippen molar-refractivity contribution >= 4 is 40.6 Å². The Morgan fingerprint density at radius 1 is 1.09 bits per heavy atom. The van der Waals surface area contributed by atoms with Crippen molar-refractivity contribution in [3.05, 3.63) is 93.4 Å². The molecule has 0 unspecified atom stereocenters. The zero-order chi connectivity index (χ0) is 23.4. The van der Waals surface area contributed by atoms with Crippen molar-refractivity contribution in [3.8, 4) is 11.5 Å². The highest BCUT2D eigenvalue weighted by molar-refractivity contribution is 8.18. The molecule has 1 saturated heterocycles. The van der Waals surface area contributed by atoms with E-state index in [-0.39, 0.29) is 16.5 Å². The van der Waals surface area contributed by atoms with Gasteiger partial charge in [-0.15, -0.1) is 0 Å². The van der Waals surface area contributed by atoms with Gasteiger partial charge in [0.15, 0.2) is 11.5 Å². The number of imide groups is 1. The molecule has 0 spiro atoms. The highest BCUT2D eigenvalue weighted by Crippen LogP contribution is 2.36. The van der Waals surface area contributed by atoms with Crippen LogP contribution in [0.3, 0.4) is 0 Å². The number of thioether (sulfide) groups is 1. The molecule has 3 aromatic rings. The molecular formula is C24H18ClFN2O4S. The van der Waals surface area contributed by atoms with Crippen LogP contribution in [0.25, 0.3) is 6.08 Å². The molecule has 0 atom stereocenters. The lowest BCUT2D eigenvalue weighted by Crippen LogP contribution is -2.27. The second-order valence-corrected chi connectivity index (χ2v) is 8.46. The Morgan fingerprint density at radius 2 is 1.88 bits per heavy atom. The largest absolute Gasteiger partial charge is 0.493 e. The molecule has 1 aliphatic rings. The maximum absolute atomic E-state index is 13.3. The number of nitrogens with zero attached hydrogens (tertiary/aromatic N) is 2. The minimum Gasteiger partial charge on any atom is -0.493 e. The van der Waals surface area contributed by atoms with Crippen LogP contribution in [0.15, 0.2) is 65.8 Å². The van der Waals surface area contributed by atoms with Crippen LogP contribution in [0, 0.1) is 5.82 Å². The lowest BCUT2D eigenvalue weighted by atomic mass is 10.1. The molecule has 1 aromatic heterocycles. The Bertz CT molecular complexity index is 1240. The van der Waals surface area contributed by atoms with Gasteiger partial charge in [0.2, 0.25) is 0 Å². The van der Waals surface area contributed by atoms with Gasteiger partial charge in [0.05, 0.1) is 18.6 Å². The average molecular weight is 485 g/mol. The average Bonchev–Trinajstić information content (AvgIpc) is 3.07. The van der Waals surface area contributed by atoms with Gasteiger partial charge >= 0.3 is 0 Å². The number of aromatic nitrogens is 1. The number of hydrogen-bond acceptors (Lipinski definition) is 6. The van der Waals surface area contributed by atoms with Gasteiger partial charge < -0.3 is 9.47 Å². The van der Waals surface area contributed by atoms with Gasteiger partial charge in [0, 0.05) is 17.4 Å². The molecule has 0 aliphatic carbocycles. The van der Waals surface area contributed by atoms with Crippen LogP contribution >= 0.6 is 23.4 Å². The Labute approximate surface area is 199 Å². The second-order valence-electron chi connectivity index (χ2n) is 7.06. The van der Waals surface area contributed by atoms with Crippen molar-refractivity contribution in [3.63, 3.8) is 0 Å². The molecule has 0 radical (unpaired) electrons. The minimum absolute atomic E-state index is 0.0355. The van der Waals surface area contributed by atoms with E-state index in [0.717, 1.165) is 28.3 Å². The number of amides is 2. The quantitative estimate of drug-likeness (QED) is 0.401. The van der Waals surface area contributed by atoms with E-state index in [1.165, 1.54) is 19.2 Å². The van der Waals surface area contributed by atoms with Crippen LogP contribution in [0.5, 0.6) is 11.5 Å². The monoisotopic (exact) mass is 484 g/mol. The van der Waals surface area contributed by atoms with E-state index in [2.05, 4.69) is 4.98 Å². The molecule has 168 valence electrons. The van der Waals surface area contributed by atoms with Crippen LogP contribution in [-0.4, -0.2) is 28.1 Å². The summed E-state index contributed by atoms with van der Waals surface area (Å²) in [5.74, 6) is 0.114. The van der Waals surface area contributed by atoms with Gasteiger partial charge in [-0.1, -0.05) is 23.7 Å². The fourth-order valence-corrected chi connectivity index (χ4v) is 4.21. The van der Waals surface area contributed by atoms with Gasteiger partial charge in [-0.2, -0.15) is 0 Å². The van der Waals surface area contributed by atoms with Crippen molar-refractivity contribution in [1.82, 2.24) is 9.88 Å². The number of pyridine rings is 1. The van der Waals surface area contributed by atoms with Crippen LogP contribution in [0.2, 0.25) is 5.02 Å². The Hall–Kier alpha value is -3.36. The maximum atomic E-state index is 13.3. The summed E-state index contributed by atoms with van der Waals surface area (Å²) < 4.78 is 24.5. The summed E-state index contributed by atoms with van der Waals surface area (Å²) in [6.45, 7) is 0.315. The molecule has 2 aromatic carbocycles. The van der Waals surface area contributed by atoms with E-state index in [1.807, 2.05) is 12.1 Å². The Morgan fingerprint density at radius 3 is 2.61 bits per heavy atom. The van der Waals surface area contributed by atoms with Crippen LogP contribution in [0.4, 0.5) is 9.18 Å². The number of carbonyl (C=O) groups is 2. The van der Waals surface area contributed by atoms with E-state index in [0.29, 0.717) is 29.2 Å². The zero-order valence-electron chi connectivity index (χ0n) is 17.5.